The van der Waals surface area contributed by atoms with Crippen LogP contribution in [-0.2, 0) is 9.59 Å². The molecule has 3 atom stereocenters. The minimum Gasteiger partial charge on any atom is -0.345 e. The van der Waals surface area contributed by atoms with Gasteiger partial charge < -0.3 is 5.32 Å². The minimum atomic E-state index is -0.352. The first kappa shape index (κ1) is 15.2. The first-order chi connectivity index (χ1) is 8.31. The Morgan fingerprint density at radius 3 is 2.11 bits per heavy atom. The molecular formula is C14H26N2O2. The molecule has 3 unspecified atom stereocenters. The van der Waals surface area contributed by atoms with E-state index in [-0.39, 0.29) is 23.7 Å². The Bertz CT molecular complexity index is 305. The van der Waals surface area contributed by atoms with E-state index in [2.05, 4.69) is 24.1 Å². The summed E-state index contributed by atoms with van der Waals surface area (Å²) in [6, 6.07) is -0.352. The SMILES string of the molecule is CC(=O)C(NC(=O)CN1CC(C)C(C)C1)C(C)C. The molecular weight excluding hydrogens is 228 g/mol. The van der Waals surface area contributed by atoms with Gasteiger partial charge in [-0.2, -0.15) is 0 Å². The van der Waals surface area contributed by atoms with Crippen LogP contribution in [0.1, 0.15) is 34.6 Å². The minimum absolute atomic E-state index is 0.0292. The van der Waals surface area contributed by atoms with E-state index in [1.165, 1.54) is 6.92 Å². The maximum atomic E-state index is 11.9. The lowest BCUT2D eigenvalue weighted by Crippen LogP contribution is -2.47. The molecule has 1 aliphatic rings. The second-order valence-corrected chi connectivity index (χ2v) is 6.05. The molecule has 0 aromatic carbocycles. The number of rotatable bonds is 5. The van der Waals surface area contributed by atoms with Crippen LogP contribution in [0, 0.1) is 17.8 Å². The largest absolute Gasteiger partial charge is 0.345 e. The molecule has 1 heterocycles. The summed E-state index contributed by atoms with van der Waals surface area (Å²) in [5.74, 6) is 1.42. The van der Waals surface area contributed by atoms with Crippen LogP contribution in [0.4, 0.5) is 0 Å². The van der Waals surface area contributed by atoms with E-state index in [1.54, 1.807) is 0 Å². The van der Waals surface area contributed by atoms with Gasteiger partial charge in [0, 0.05) is 13.1 Å². The summed E-state index contributed by atoms with van der Waals surface area (Å²) in [6.45, 7) is 12.2. The third-order valence-corrected chi connectivity index (χ3v) is 3.85. The number of carbonyl (C=O) groups is 2. The van der Waals surface area contributed by atoms with Crippen molar-refractivity contribution < 1.29 is 9.59 Å². The van der Waals surface area contributed by atoms with Gasteiger partial charge in [-0.15, -0.1) is 0 Å². The summed E-state index contributed by atoms with van der Waals surface area (Å²) >= 11 is 0. The van der Waals surface area contributed by atoms with Crippen molar-refractivity contribution in [2.75, 3.05) is 19.6 Å². The van der Waals surface area contributed by atoms with E-state index in [9.17, 15) is 9.59 Å². The van der Waals surface area contributed by atoms with Crippen molar-refractivity contribution in [3.63, 3.8) is 0 Å². The fourth-order valence-corrected chi connectivity index (χ4v) is 2.54. The van der Waals surface area contributed by atoms with Crippen LogP contribution in [0.3, 0.4) is 0 Å². The van der Waals surface area contributed by atoms with Crippen molar-refractivity contribution >= 4 is 11.7 Å². The quantitative estimate of drug-likeness (QED) is 0.804. The third kappa shape index (κ3) is 4.09. The molecule has 1 rings (SSSR count). The fourth-order valence-electron chi connectivity index (χ4n) is 2.54. The number of hydrogen-bond acceptors (Lipinski definition) is 3. The molecule has 18 heavy (non-hydrogen) atoms. The van der Waals surface area contributed by atoms with E-state index < -0.39 is 0 Å². The monoisotopic (exact) mass is 254 g/mol. The van der Waals surface area contributed by atoms with Gasteiger partial charge in [-0.3, -0.25) is 14.5 Å². The molecule has 104 valence electrons. The van der Waals surface area contributed by atoms with Gasteiger partial charge in [0.1, 0.15) is 0 Å². The Labute approximate surface area is 110 Å². The molecule has 1 saturated heterocycles. The summed E-state index contributed by atoms with van der Waals surface area (Å²) < 4.78 is 0. The van der Waals surface area contributed by atoms with Crippen LogP contribution in [-0.4, -0.2) is 42.3 Å². The van der Waals surface area contributed by atoms with Crippen molar-refractivity contribution in [3.8, 4) is 0 Å². The van der Waals surface area contributed by atoms with Crippen LogP contribution >= 0.6 is 0 Å². The number of nitrogens with zero attached hydrogens (tertiary/aromatic N) is 1. The number of amides is 1. The highest BCUT2D eigenvalue weighted by Crippen LogP contribution is 2.21. The first-order valence-electron chi connectivity index (χ1n) is 6.83. The van der Waals surface area contributed by atoms with E-state index in [0.717, 1.165) is 13.1 Å². The Hall–Kier alpha value is -0.900. The van der Waals surface area contributed by atoms with Crippen molar-refractivity contribution in [2.45, 2.75) is 40.7 Å². The summed E-state index contributed by atoms with van der Waals surface area (Å²) in [5.41, 5.74) is 0. The van der Waals surface area contributed by atoms with Gasteiger partial charge in [0.25, 0.3) is 0 Å². The summed E-state index contributed by atoms with van der Waals surface area (Å²) in [6.07, 6.45) is 0. The standard InChI is InChI=1S/C14H26N2O2/c1-9(2)14(12(5)17)15-13(18)8-16-6-10(3)11(4)7-16/h9-11,14H,6-8H2,1-5H3,(H,15,18). The fraction of sp³-hybridized carbons (Fsp3) is 0.857. The van der Waals surface area contributed by atoms with Gasteiger partial charge >= 0.3 is 0 Å². The lowest BCUT2D eigenvalue weighted by molar-refractivity contribution is -0.128. The maximum Gasteiger partial charge on any atom is 0.234 e. The third-order valence-electron chi connectivity index (χ3n) is 3.85. The van der Waals surface area contributed by atoms with Crippen LogP contribution in [0.2, 0.25) is 0 Å². The molecule has 0 spiro atoms. The van der Waals surface area contributed by atoms with E-state index in [4.69, 9.17) is 0 Å². The Balaban J connectivity index is 2.44. The number of carbonyl (C=O) groups excluding carboxylic acids is 2. The summed E-state index contributed by atoms with van der Waals surface area (Å²) in [5, 5.41) is 2.84. The highest BCUT2D eigenvalue weighted by atomic mass is 16.2. The van der Waals surface area contributed by atoms with Crippen molar-refractivity contribution in [3.05, 3.63) is 0 Å². The molecule has 1 amide bonds. The van der Waals surface area contributed by atoms with Crippen molar-refractivity contribution in [2.24, 2.45) is 17.8 Å². The zero-order valence-electron chi connectivity index (χ0n) is 12.2. The zero-order chi connectivity index (χ0) is 13.9. The number of Topliss-reactive ketones (excluding diaryl/α,β-unsaturated/α-hetero) is 1. The van der Waals surface area contributed by atoms with Gasteiger partial charge in [-0.1, -0.05) is 27.7 Å². The van der Waals surface area contributed by atoms with Crippen molar-refractivity contribution in [1.29, 1.82) is 0 Å². The van der Waals surface area contributed by atoms with Gasteiger partial charge in [-0.05, 0) is 24.7 Å². The van der Waals surface area contributed by atoms with Gasteiger partial charge in [0.15, 0.2) is 5.78 Å². The molecule has 0 aromatic heterocycles. The molecule has 4 nitrogen and oxygen atoms in total. The molecule has 1 N–H and O–H groups in total. The van der Waals surface area contributed by atoms with Crippen LogP contribution in [0.15, 0.2) is 0 Å². The van der Waals surface area contributed by atoms with Gasteiger partial charge in [-0.25, -0.2) is 0 Å². The predicted octanol–water partition coefficient (Wildman–Crippen LogP) is 1.30. The van der Waals surface area contributed by atoms with Gasteiger partial charge in [0.2, 0.25) is 5.91 Å². The topological polar surface area (TPSA) is 49.4 Å². The Kier molecular flexibility index (Phi) is 5.32. The van der Waals surface area contributed by atoms with Crippen molar-refractivity contribution in [1.82, 2.24) is 10.2 Å². The molecule has 0 saturated carbocycles. The van der Waals surface area contributed by atoms with Crippen LogP contribution < -0.4 is 5.32 Å². The number of nitrogens with one attached hydrogen (secondary N) is 1. The van der Waals surface area contributed by atoms with E-state index in [0.29, 0.717) is 18.4 Å². The average molecular weight is 254 g/mol. The summed E-state index contributed by atoms with van der Waals surface area (Å²) in [4.78, 5) is 25.5. The predicted molar refractivity (Wildman–Crippen MR) is 72.2 cm³/mol. The Morgan fingerprint density at radius 1 is 1.22 bits per heavy atom. The average Bonchev–Trinajstić information content (AvgIpc) is 2.53. The molecule has 0 aliphatic carbocycles. The first-order valence-corrected chi connectivity index (χ1v) is 6.83. The summed E-state index contributed by atoms with van der Waals surface area (Å²) in [7, 11) is 0. The highest BCUT2D eigenvalue weighted by molar-refractivity contribution is 5.88. The zero-order valence-corrected chi connectivity index (χ0v) is 12.2. The molecule has 0 aromatic rings. The number of hydrogen-bond donors (Lipinski definition) is 1. The maximum absolute atomic E-state index is 11.9. The lowest BCUT2D eigenvalue weighted by Gasteiger charge is -2.21. The van der Waals surface area contributed by atoms with E-state index in [1.807, 2.05) is 13.8 Å². The molecule has 0 radical (unpaired) electrons. The van der Waals surface area contributed by atoms with E-state index >= 15 is 0 Å². The van der Waals surface area contributed by atoms with Gasteiger partial charge in [0.05, 0.1) is 12.6 Å². The molecule has 0 bridgehead atoms. The molecule has 1 fully saturated rings. The van der Waals surface area contributed by atoms with Crippen LogP contribution in [0.5, 0.6) is 0 Å². The lowest BCUT2D eigenvalue weighted by atomic mass is 10.0. The smallest absolute Gasteiger partial charge is 0.234 e. The highest BCUT2D eigenvalue weighted by Gasteiger charge is 2.28. The number of ketones is 1. The normalized spacial score (nSPS) is 26.3. The molecule has 4 heteroatoms. The second kappa shape index (κ2) is 6.32. The second-order valence-electron chi connectivity index (χ2n) is 6.05. The number of likely N-dealkylation sites (tertiary alicyclic amines) is 1. The molecule has 1 aliphatic heterocycles. The van der Waals surface area contributed by atoms with Crippen LogP contribution in [0.25, 0.3) is 0 Å². The Morgan fingerprint density at radius 2 is 1.72 bits per heavy atom.